The Balaban J connectivity index is 1.67. The van der Waals surface area contributed by atoms with Gasteiger partial charge in [0.2, 0.25) is 5.91 Å². The monoisotopic (exact) mass is 382 g/mol. The molecule has 0 aromatic heterocycles. The van der Waals surface area contributed by atoms with Gasteiger partial charge in [-0.05, 0) is 29.8 Å². The number of thioether (sulfide) groups is 1. The minimum absolute atomic E-state index is 0.0182. The highest BCUT2D eigenvalue weighted by Gasteiger charge is 2.08. The first kappa shape index (κ1) is 19.0. The van der Waals surface area contributed by atoms with Crippen LogP contribution in [0, 0.1) is 0 Å². The third kappa shape index (κ3) is 5.93. The van der Waals surface area contributed by atoms with Gasteiger partial charge < -0.3 is 10.2 Å². The minimum atomic E-state index is 0.0182. The SMILES string of the molecule is CN(CCNC(=O)CSCc1c(Cl)cccc1Cl)c1ccccc1. The number of likely N-dealkylation sites (N-methyl/N-ethyl adjacent to an activating group) is 1. The number of hydrogen-bond acceptors (Lipinski definition) is 3. The van der Waals surface area contributed by atoms with Gasteiger partial charge in [0, 0.05) is 41.6 Å². The molecule has 0 saturated carbocycles. The summed E-state index contributed by atoms with van der Waals surface area (Å²) < 4.78 is 0. The topological polar surface area (TPSA) is 32.3 Å². The molecule has 0 bridgehead atoms. The normalized spacial score (nSPS) is 10.5. The van der Waals surface area contributed by atoms with Gasteiger partial charge in [-0.3, -0.25) is 4.79 Å². The molecule has 0 heterocycles. The first-order chi connectivity index (χ1) is 11.6. The summed E-state index contributed by atoms with van der Waals surface area (Å²) in [6.07, 6.45) is 0. The minimum Gasteiger partial charge on any atom is -0.373 e. The molecule has 2 aromatic rings. The standard InChI is InChI=1S/C18H20Cl2N2OS/c1-22(14-6-3-2-4-7-14)11-10-21-18(23)13-24-12-15-16(19)8-5-9-17(15)20/h2-9H,10-13H2,1H3,(H,21,23). The Kier molecular flexibility index (Phi) is 7.76. The summed E-state index contributed by atoms with van der Waals surface area (Å²) in [4.78, 5) is 14.0. The number of rotatable bonds is 8. The van der Waals surface area contributed by atoms with E-state index in [1.807, 2.05) is 55.6 Å². The van der Waals surface area contributed by atoms with Crippen LogP contribution in [-0.2, 0) is 10.5 Å². The van der Waals surface area contributed by atoms with E-state index in [4.69, 9.17) is 23.2 Å². The molecule has 128 valence electrons. The third-order valence-electron chi connectivity index (χ3n) is 3.51. The second kappa shape index (κ2) is 9.82. The highest BCUT2D eigenvalue weighted by molar-refractivity contribution is 7.99. The van der Waals surface area contributed by atoms with Crippen molar-refractivity contribution in [2.45, 2.75) is 5.75 Å². The average molecular weight is 383 g/mol. The lowest BCUT2D eigenvalue weighted by Gasteiger charge is -2.19. The fourth-order valence-electron chi connectivity index (χ4n) is 2.14. The molecule has 0 saturated heterocycles. The second-order valence-corrected chi connectivity index (χ2v) is 7.10. The van der Waals surface area contributed by atoms with E-state index in [2.05, 4.69) is 10.2 Å². The van der Waals surface area contributed by atoms with Gasteiger partial charge in [0.25, 0.3) is 0 Å². The fourth-order valence-corrected chi connectivity index (χ4v) is 3.74. The van der Waals surface area contributed by atoms with E-state index >= 15 is 0 Å². The van der Waals surface area contributed by atoms with Crippen LogP contribution < -0.4 is 10.2 Å². The zero-order chi connectivity index (χ0) is 17.4. The van der Waals surface area contributed by atoms with Crippen molar-refractivity contribution < 1.29 is 4.79 Å². The quantitative estimate of drug-likeness (QED) is 0.730. The second-order valence-electron chi connectivity index (χ2n) is 5.30. The lowest BCUT2D eigenvalue weighted by atomic mass is 10.2. The number of carbonyl (C=O) groups excluding carboxylic acids is 1. The molecule has 0 spiro atoms. The largest absolute Gasteiger partial charge is 0.373 e. The molecule has 0 aliphatic rings. The van der Waals surface area contributed by atoms with E-state index in [9.17, 15) is 4.79 Å². The van der Waals surface area contributed by atoms with Crippen LogP contribution in [0.4, 0.5) is 5.69 Å². The van der Waals surface area contributed by atoms with E-state index in [0.29, 0.717) is 28.1 Å². The Morgan fingerprint density at radius 2 is 1.75 bits per heavy atom. The Hall–Kier alpha value is -1.36. The van der Waals surface area contributed by atoms with E-state index in [-0.39, 0.29) is 5.91 Å². The fraction of sp³-hybridized carbons (Fsp3) is 0.278. The molecule has 3 nitrogen and oxygen atoms in total. The van der Waals surface area contributed by atoms with Crippen LogP contribution in [0.25, 0.3) is 0 Å². The van der Waals surface area contributed by atoms with Gasteiger partial charge in [0.1, 0.15) is 0 Å². The van der Waals surface area contributed by atoms with E-state index in [0.717, 1.165) is 17.8 Å². The molecule has 0 radical (unpaired) electrons. The number of halogens is 2. The van der Waals surface area contributed by atoms with Gasteiger partial charge in [-0.2, -0.15) is 0 Å². The maximum Gasteiger partial charge on any atom is 0.230 e. The van der Waals surface area contributed by atoms with Crippen LogP contribution in [0.15, 0.2) is 48.5 Å². The molecular weight excluding hydrogens is 363 g/mol. The number of nitrogens with zero attached hydrogens (tertiary/aromatic N) is 1. The van der Waals surface area contributed by atoms with E-state index in [1.165, 1.54) is 11.8 Å². The first-order valence-electron chi connectivity index (χ1n) is 7.61. The smallest absolute Gasteiger partial charge is 0.230 e. The van der Waals surface area contributed by atoms with Crippen molar-refractivity contribution in [3.63, 3.8) is 0 Å². The average Bonchev–Trinajstić information content (AvgIpc) is 2.58. The van der Waals surface area contributed by atoms with Gasteiger partial charge in [-0.15, -0.1) is 11.8 Å². The molecule has 0 aliphatic heterocycles. The lowest BCUT2D eigenvalue weighted by molar-refractivity contribution is -0.118. The van der Waals surface area contributed by atoms with Crippen molar-refractivity contribution >= 4 is 46.6 Å². The molecule has 1 N–H and O–H groups in total. The Labute approximate surface area is 157 Å². The number of anilines is 1. The highest BCUT2D eigenvalue weighted by Crippen LogP contribution is 2.28. The van der Waals surface area contributed by atoms with Crippen LogP contribution in [0.3, 0.4) is 0 Å². The third-order valence-corrected chi connectivity index (χ3v) is 5.17. The number of para-hydroxylation sites is 1. The van der Waals surface area contributed by atoms with Crippen LogP contribution in [-0.4, -0.2) is 31.8 Å². The van der Waals surface area contributed by atoms with Crippen molar-refractivity contribution in [3.05, 3.63) is 64.1 Å². The highest BCUT2D eigenvalue weighted by atomic mass is 35.5. The van der Waals surface area contributed by atoms with Gasteiger partial charge >= 0.3 is 0 Å². The van der Waals surface area contributed by atoms with Crippen molar-refractivity contribution in [1.29, 1.82) is 0 Å². The van der Waals surface area contributed by atoms with Crippen LogP contribution in [0.5, 0.6) is 0 Å². The predicted octanol–water partition coefficient (Wildman–Crippen LogP) is 4.48. The maximum atomic E-state index is 11.9. The Morgan fingerprint density at radius 1 is 1.08 bits per heavy atom. The zero-order valence-electron chi connectivity index (χ0n) is 13.5. The summed E-state index contributed by atoms with van der Waals surface area (Å²) in [5.41, 5.74) is 2.01. The van der Waals surface area contributed by atoms with Crippen molar-refractivity contribution in [2.75, 3.05) is 30.8 Å². The summed E-state index contributed by atoms with van der Waals surface area (Å²) in [5.74, 6) is 1.02. The molecule has 2 aromatic carbocycles. The molecule has 0 atom stereocenters. The van der Waals surface area contributed by atoms with Crippen LogP contribution in [0.1, 0.15) is 5.56 Å². The van der Waals surface area contributed by atoms with Crippen molar-refractivity contribution in [2.24, 2.45) is 0 Å². The first-order valence-corrected chi connectivity index (χ1v) is 9.52. The summed E-state index contributed by atoms with van der Waals surface area (Å²) >= 11 is 13.7. The maximum absolute atomic E-state index is 11.9. The molecule has 6 heteroatoms. The van der Waals surface area contributed by atoms with Gasteiger partial charge in [-0.25, -0.2) is 0 Å². The summed E-state index contributed by atoms with van der Waals surface area (Å²) in [6, 6.07) is 15.5. The molecule has 24 heavy (non-hydrogen) atoms. The Bertz CT molecular complexity index is 647. The van der Waals surface area contributed by atoms with Crippen molar-refractivity contribution in [3.8, 4) is 0 Å². The molecule has 0 aliphatic carbocycles. The van der Waals surface area contributed by atoms with Gasteiger partial charge in [0.05, 0.1) is 5.75 Å². The summed E-state index contributed by atoms with van der Waals surface area (Å²) in [7, 11) is 2.01. The number of amides is 1. The predicted molar refractivity (Wildman–Crippen MR) is 105 cm³/mol. The molecule has 0 unspecified atom stereocenters. The van der Waals surface area contributed by atoms with Gasteiger partial charge in [0.15, 0.2) is 0 Å². The van der Waals surface area contributed by atoms with E-state index < -0.39 is 0 Å². The van der Waals surface area contributed by atoms with E-state index in [1.54, 1.807) is 0 Å². The summed E-state index contributed by atoms with van der Waals surface area (Å²) in [6.45, 7) is 1.37. The molecule has 2 rings (SSSR count). The Morgan fingerprint density at radius 3 is 2.42 bits per heavy atom. The van der Waals surface area contributed by atoms with Crippen LogP contribution in [0.2, 0.25) is 10.0 Å². The molecular formula is C18H20Cl2N2OS. The van der Waals surface area contributed by atoms with Crippen LogP contribution >= 0.6 is 35.0 Å². The van der Waals surface area contributed by atoms with Gasteiger partial charge in [-0.1, -0.05) is 47.5 Å². The number of hydrogen-bond donors (Lipinski definition) is 1. The molecule has 0 fully saturated rings. The number of benzene rings is 2. The zero-order valence-corrected chi connectivity index (χ0v) is 15.8. The number of carbonyl (C=O) groups is 1. The molecule has 1 amide bonds. The number of nitrogens with one attached hydrogen (secondary N) is 1. The lowest BCUT2D eigenvalue weighted by Crippen LogP contribution is -2.33. The summed E-state index contributed by atoms with van der Waals surface area (Å²) in [5, 5.41) is 4.21. The van der Waals surface area contributed by atoms with Crippen molar-refractivity contribution in [1.82, 2.24) is 5.32 Å².